The summed E-state index contributed by atoms with van der Waals surface area (Å²) in [5, 5.41) is 8.48. The molecule has 176 valence electrons. The molecule has 3 N–H and O–H groups in total. The fraction of sp³-hybridized carbons (Fsp3) is 0.182. The zero-order valence-corrected chi connectivity index (χ0v) is 19.7. The number of benzene rings is 2. The van der Waals surface area contributed by atoms with E-state index in [0.717, 1.165) is 17.7 Å². The minimum absolute atomic E-state index is 0. The molecular weight excluding hydrogens is 555 g/mol. The summed E-state index contributed by atoms with van der Waals surface area (Å²) in [6.07, 6.45) is -3.26. The lowest BCUT2D eigenvalue weighted by atomic mass is 10.1. The van der Waals surface area contributed by atoms with Crippen molar-refractivity contribution in [2.75, 3.05) is 12.4 Å². The van der Waals surface area contributed by atoms with Crippen LogP contribution in [0, 0.1) is 5.82 Å². The molecule has 3 rings (SSSR count). The van der Waals surface area contributed by atoms with E-state index in [1.807, 2.05) is 0 Å². The molecule has 0 unspecified atom stereocenters. The van der Waals surface area contributed by atoms with E-state index in [9.17, 15) is 22.4 Å². The van der Waals surface area contributed by atoms with Crippen molar-refractivity contribution in [3.63, 3.8) is 0 Å². The van der Waals surface area contributed by atoms with Crippen molar-refractivity contribution in [2.45, 2.75) is 19.3 Å². The van der Waals surface area contributed by atoms with E-state index in [2.05, 4.69) is 20.9 Å². The number of carbonyl (C=O) groups is 1. The van der Waals surface area contributed by atoms with E-state index in [4.69, 9.17) is 4.42 Å². The van der Waals surface area contributed by atoms with Crippen LogP contribution in [0.2, 0.25) is 0 Å². The normalized spacial score (nSPS) is 11.5. The molecule has 0 saturated heterocycles. The molecule has 0 spiro atoms. The van der Waals surface area contributed by atoms with Gasteiger partial charge in [-0.2, -0.15) is 13.2 Å². The Bertz CT molecular complexity index is 1080. The number of carbonyl (C=O) groups excluding carboxylic acids is 1. The molecule has 6 nitrogen and oxygen atoms in total. The Balaban J connectivity index is 0.00000385. The van der Waals surface area contributed by atoms with Crippen LogP contribution in [0.1, 0.15) is 27.2 Å². The maximum atomic E-state index is 13.2. The fourth-order valence-corrected chi connectivity index (χ4v) is 2.86. The summed E-state index contributed by atoms with van der Waals surface area (Å²) in [7, 11) is 1.48. The van der Waals surface area contributed by atoms with E-state index in [0.29, 0.717) is 18.3 Å². The van der Waals surface area contributed by atoms with Crippen LogP contribution in [-0.2, 0) is 19.3 Å². The van der Waals surface area contributed by atoms with Gasteiger partial charge in [-0.15, -0.1) is 24.0 Å². The van der Waals surface area contributed by atoms with Gasteiger partial charge in [-0.05, 0) is 47.5 Å². The Labute approximate surface area is 204 Å². The molecular formula is C22H21F4IN4O2. The molecule has 0 aliphatic rings. The highest BCUT2D eigenvalue weighted by Gasteiger charge is 2.33. The second kappa shape index (κ2) is 11.7. The van der Waals surface area contributed by atoms with Crippen LogP contribution in [0.5, 0.6) is 0 Å². The number of nitrogens with one attached hydrogen (secondary N) is 3. The zero-order valence-electron chi connectivity index (χ0n) is 17.4. The van der Waals surface area contributed by atoms with Crippen molar-refractivity contribution >= 4 is 41.5 Å². The molecule has 11 heteroatoms. The van der Waals surface area contributed by atoms with E-state index in [1.165, 1.54) is 13.3 Å². The number of anilines is 1. The molecule has 0 fully saturated rings. The van der Waals surface area contributed by atoms with Crippen molar-refractivity contribution in [3.8, 4) is 0 Å². The van der Waals surface area contributed by atoms with Gasteiger partial charge in [0, 0.05) is 25.8 Å². The number of hydrogen-bond acceptors (Lipinski definition) is 3. The molecule has 1 aromatic heterocycles. The van der Waals surface area contributed by atoms with Crippen molar-refractivity contribution in [2.24, 2.45) is 4.99 Å². The number of halogens is 5. The summed E-state index contributed by atoms with van der Waals surface area (Å²) in [5.74, 6) is -0.852. The molecule has 0 aliphatic carbocycles. The highest BCUT2D eigenvalue weighted by atomic mass is 127. The average molecular weight is 576 g/mol. The first-order valence-electron chi connectivity index (χ1n) is 9.50. The lowest BCUT2D eigenvalue weighted by Crippen LogP contribution is -2.36. The standard InChI is InChI=1S/C22H20F4N4O2.HI/c1-27-21(29-13-15-6-7-16(23)11-18(15)22(24,25)26)28-12-14-4-8-17(9-5-14)30-20(31)19-3-2-10-32-19;/h2-11H,12-13H2,1H3,(H,30,31)(H2,27,28,29);1H. The molecule has 0 atom stereocenters. The number of furan rings is 1. The third-order valence-electron chi connectivity index (χ3n) is 4.46. The van der Waals surface area contributed by atoms with E-state index in [-0.39, 0.29) is 53.7 Å². The summed E-state index contributed by atoms with van der Waals surface area (Å²) in [5.41, 5.74) is 0.293. The average Bonchev–Trinajstić information content (AvgIpc) is 3.30. The second-order valence-corrected chi connectivity index (χ2v) is 6.71. The molecule has 3 aromatic rings. The number of amides is 1. The maximum absolute atomic E-state index is 13.2. The molecule has 33 heavy (non-hydrogen) atoms. The molecule has 0 bridgehead atoms. The summed E-state index contributed by atoms with van der Waals surface area (Å²) in [6.45, 7) is 0.147. The van der Waals surface area contributed by atoms with Gasteiger partial charge in [0.1, 0.15) is 5.82 Å². The summed E-state index contributed by atoms with van der Waals surface area (Å²) >= 11 is 0. The van der Waals surface area contributed by atoms with Gasteiger partial charge in [-0.25, -0.2) is 4.39 Å². The van der Waals surface area contributed by atoms with Gasteiger partial charge in [-0.3, -0.25) is 9.79 Å². The Morgan fingerprint density at radius 2 is 1.73 bits per heavy atom. The minimum Gasteiger partial charge on any atom is -0.459 e. The van der Waals surface area contributed by atoms with Gasteiger partial charge >= 0.3 is 6.18 Å². The van der Waals surface area contributed by atoms with Crippen LogP contribution in [-0.4, -0.2) is 18.9 Å². The van der Waals surface area contributed by atoms with E-state index in [1.54, 1.807) is 36.4 Å². The first-order chi connectivity index (χ1) is 15.3. The third-order valence-corrected chi connectivity index (χ3v) is 4.46. The topological polar surface area (TPSA) is 78.7 Å². The highest BCUT2D eigenvalue weighted by Crippen LogP contribution is 2.32. The predicted octanol–water partition coefficient (Wildman–Crippen LogP) is 5.17. The third kappa shape index (κ3) is 7.48. The minimum atomic E-state index is -4.66. The highest BCUT2D eigenvalue weighted by molar-refractivity contribution is 14.0. The summed E-state index contributed by atoms with van der Waals surface area (Å²) in [6, 6.07) is 12.7. The largest absolute Gasteiger partial charge is 0.459 e. The zero-order chi connectivity index (χ0) is 23.1. The quantitative estimate of drug-likeness (QED) is 0.164. The smallest absolute Gasteiger partial charge is 0.416 e. The molecule has 0 aliphatic heterocycles. The number of hydrogen-bond donors (Lipinski definition) is 3. The molecule has 1 amide bonds. The van der Waals surface area contributed by atoms with Gasteiger partial charge in [0.05, 0.1) is 11.8 Å². The first-order valence-corrected chi connectivity index (χ1v) is 9.50. The van der Waals surface area contributed by atoms with Crippen molar-refractivity contribution in [1.82, 2.24) is 10.6 Å². The number of rotatable bonds is 6. The van der Waals surface area contributed by atoms with Crippen LogP contribution in [0.25, 0.3) is 0 Å². The lowest BCUT2D eigenvalue weighted by molar-refractivity contribution is -0.138. The van der Waals surface area contributed by atoms with Crippen LogP contribution < -0.4 is 16.0 Å². The van der Waals surface area contributed by atoms with Crippen molar-refractivity contribution < 1.29 is 26.8 Å². The molecule has 2 aromatic carbocycles. The second-order valence-electron chi connectivity index (χ2n) is 6.71. The predicted molar refractivity (Wildman–Crippen MR) is 127 cm³/mol. The summed E-state index contributed by atoms with van der Waals surface area (Å²) < 4.78 is 57.6. The monoisotopic (exact) mass is 576 g/mol. The van der Waals surface area contributed by atoms with Gasteiger partial charge in [0.15, 0.2) is 11.7 Å². The maximum Gasteiger partial charge on any atom is 0.416 e. The number of alkyl halides is 3. The van der Waals surface area contributed by atoms with Crippen molar-refractivity contribution in [3.05, 3.63) is 89.1 Å². The first kappa shape index (κ1) is 26.2. The van der Waals surface area contributed by atoms with E-state index >= 15 is 0 Å². The van der Waals surface area contributed by atoms with Gasteiger partial charge < -0.3 is 20.4 Å². The molecule has 1 heterocycles. The van der Waals surface area contributed by atoms with Gasteiger partial charge in [-0.1, -0.05) is 18.2 Å². The van der Waals surface area contributed by atoms with Crippen LogP contribution in [0.4, 0.5) is 23.2 Å². The van der Waals surface area contributed by atoms with Crippen LogP contribution in [0.15, 0.2) is 70.3 Å². The number of aliphatic imine (C=N–C) groups is 1. The Hall–Kier alpha value is -3.09. The molecule has 0 radical (unpaired) electrons. The SMILES string of the molecule is CN=C(NCc1ccc(NC(=O)c2ccco2)cc1)NCc1ccc(F)cc1C(F)(F)F.I. The Morgan fingerprint density at radius 1 is 1.03 bits per heavy atom. The Morgan fingerprint density at radius 3 is 2.33 bits per heavy atom. The Kier molecular flexibility index (Phi) is 9.26. The van der Waals surface area contributed by atoms with Gasteiger partial charge in [0.25, 0.3) is 5.91 Å². The summed E-state index contributed by atoms with van der Waals surface area (Å²) in [4.78, 5) is 16.0. The lowest BCUT2D eigenvalue weighted by Gasteiger charge is -2.16. The number of nitrogens with zero attached hydrogens (tertiary/aromatic N) is 1. The van der Waals surface area contributed by atoms with Crippen LogP contribution >= 0.6 is 24.0 Å². The van der Waals surface area contributed by atoms with Crippen molar-refractivity contribution in [1.29, 1.82) is 0 Å². The number of guanidine groups is 1. The van der Waals surface area contributed by atoms with E-state index < -0.39 is 17.6 Å². The van der Waals surface area contributed by atoms with Gasteiger partial charge in [0.2, 0.25) is 0 Å². The molecule has 0 saturated carbocycles. The fourth-order valence-electron chi connectivity index (χ4n) is 2.86. The van der Waals surface area contributed by atoms with Crippen LogP contribution in [0.3, 0.4) is 0 Å².